The van der Waals surface area contributed by atoms with E-state index in [1.54, 1.807) is 18.2 Å². The maximum absolute atomic E-state index is 13.7. The standard InChI is InChI=1S/C16H22FNO/c1-3-12-8-9-18-15(10-12)11(2)16(19)13-6-4-5-7-14(13)17/h4-7,11-12,15,18H,3,8-10H2,1-2H3. The summed E-state index contributed by atoms with van der Waals surface area (Å²) in [5.74, 6) is 0.00271. The number of Topliss-reactive ketones (excluding diaryl/α,β-unsaturated/α-hetero) is 1. The number of carbonyl (C=O) groups excluding carboxylic acids is 1. The van der Waals surface area contributed by atoms with E-state index in [9.17, 15) is 9.18 Å². The third-order valence-electron chi connectivity index (χ3n) is 4.28. The topological polar surface area (TPSA) is 29.1 Å². The number of piperidine rings is 1. The van der Waals surface area contributed by atoms with E-state index in [-0.39, 0.29) is 23.3 Å². The first-order valence-corrected chi connectivity index (χ1v) is 7.15. The first-order chi connectivity index (χ1) is 9.13. The Morgan fingerprint density at radius 2 is 2.21 bits per heavy atom. The number of hydrogen-bond donors (Lipinski definition) is 1. The quantitative estimate of drug-likeness (QED) is 0.843. The molecule has 1 aliphatic heterocycles. The molecule has 1 saturated heterocycles. The molecule has 0 amide bonds. The Kier molecular flexibility index (Phi) is 4.70. The third-order valence-corrected chi connectivity index (χ3v) is 4.28. The van der Waals surface area contributed by atoms with E-state index in [1.807, 2.05) is 6.92 Å². The predicted octanol–water partition coefficient (Wildman–Crippen LogP) is 3.42. The molecule has 1 fully saturated rings. The highest BCUT2D eigenvalue weighted by atomic mass is 19.1. The lowest BCUT2D eigenvalue weighted by atomic mass is 9.82. The number of ketones is 1. The van der Waals surface area contributed by atoms with Crippen molar-refractivity contribution in [2.45, 2.75) is 39.2 Å². The van der Waals surface area contributed by atoms with Crippen molar-refractivity contribution in [3.63, 3.8) is 0 Å². The lowest BCUT2D eigenvalue weighted by Crippen LogP contribution is -2.44. The summed E-state index contributed by atoms with van der Waals surface area (Å²) in [6.45, 7) is 5.05. The number of nitrogens with one attached hydrogen (secondary N) is 1. The van der Waals surface area contributed by atoms with Gasteiger partial charge in [0, 0.05) is 12.0 Å². The molecular formula is C16H22FNO. The van der Waals surface area contributed by atoms with Gasteiger partial charge in [-0.25, -0.2) is 4.39 Å². The van der Waals surface area contributed by atoms with Gasteiger partial charge < -0.3 is 5.32 Å². The van der Waals surface area contributed by atoms with Gasteiger partial charge in [0.05, 0.1) is 5.56 Å². The molecule has 104 valence electrons. The maximum atomic E-state index is 13.7. The van der Waals surface area contributed by atoms with E-state index in [0.29, 0.717) is 5.92 Å². The van der Waals surface area contributed by atoms with Gasteiger partial charge in [-0.05, 0) is 37.4 Å². The van der Waals surface area contributed by atoms with Crippen molar-refractivity contribution in [3.05, 3.63) is 35.6 Å². The van der Waals surface area contributed by atoms with Crippen LogP contribution < -0.4 is 5.32 Å². The molecule has 0 radical (unpaired) electrons. The van der Waals surface area contributed by atoms with Gasteiger partial charge in [-0.15, -0.1) is 0 Å². The molecule has 2 nitrogen and oxygen atoms in total. The number of benzene rings is 1. The lowest BCUT2D eigenvalue weighted by Gasteiger charge is -2.33. The van der Waals surface area contributed by atoms with Crippen LogP contribution in [0.3, 0.4) is 0 Å². The summed E-state index contributed by atoms with van der Waals surface area (Å²) in [6.07, 6.45) is 3.34. The Bertz CT molecular complexity index is 446. The molecule has 1 aromatic rings. The van der Waals surface area contributed by atoms with Gasteiger partial charge in [0.15, 0.2) is 5.78 Å². The molecule has 0 spiro atoms. The second-order valence-corrected chi connectivity index (χ2v) is 5.49. The van der Waals surface area contributed by atoms with Crippen LogP contribution in [-0.4, -0.2) is 18.4 Å². The average Bonchev–Trinajstić information content (AvgIpc) is 2.46. The SMILES string of the molecule is CCC1CCNC(C(C)C(=O)c2ccccc2F)C1. The van der Waals surface area contributed by atoms with Crippen molar-refractivity contribution < 1.29 is 9.18 Å². The molecule has 1 aromatic carbocycles. The highest BCUT2D eigenvalue weighted by Crippen LogP contribution is 2.25. The highest BCUT2D eigenvalue weighted by molar-refractivity contribution is 5.98. The molecule has 3 unspecified atom stereocenters. The second kappa shape index (κ2) is 6.29. The number of rotatable bonds is 4. The minimum Gasteiger partial charge on any atom is -0.313 e. The van der Waals surface area contributed by atoms with Crippen molar-refractivity contribution in [3.8, 4) is 0 Å². The van der Waals surface area contributed by atoms with Crippen LogP contribution in [0, 0.1) is 17.7 Å². The normalized spacial score (nSPS) is 25.0. The summed E-state index contributed by atoms with van der Waals surface area (Å²) >= 11 is 0. The molecule has 0 aliphatic carbocycles. The lowest BCUT2D eigenvalue weighted by molar-refractivity contribution is 0.0874. The fourth-order valence-electron chi connectivity index (χ4n) is 2.87. The molecule has 0 aromatic heterocycles. The molecule has 3 heteroatoms. The van der Waals surface area contributed by atoms with Crippen molar-refractivity contribution >= 4 is 5.78 Å². The van der Waals surface area contributed by atoms with E-state index in [4.69, 9.17) is 0 Å². The van der Waals surface area contributed by atoms with Crippen LogP contribution in [0.5, 0.6) is 0 Å². The Labute approximate surface area is 114 Å². The number of halogens is 1. The highest BCUT2D eigenvalue weighted by Gasteiger charge is 2.30. The minimum absolute atomic E-state index is 0.0904. The smallest absolute Gasteiger partial charge is 0.170 e. The van der Waals surface area contributed by atoms with Gasteiger partial charge in [0.2, 0.25) is 0 Å². The number of hydrogen-bond acceptors (Lipinski definition) is 2. The van der Waals surface area contributed by atoms with Crippen molar-refractivity contribution in [2.24, 2.45) is 11.8 Å². The van der Waals surface area contributed by atoms with Crippen LogP contribution in [0.15, 0.2) is 24.3 Å². The van der Waals surface area contributed by atoms with Crippen LogP contribution in [0.4, 0.5) is 4.39 Å². The summed E-state index contributed by atoms with van der Waals surface area (Å²) in [4.78, 5) is 12.4. The van der Waals surface area contributed by atoms with E-state index < -0.39 is 5.82 Å². The summed E-state index contributed by atoms with van der Waals surface area (Å²) in [5, 5.41) is 3.41. The molecule has 1 N–H and O–H groups in total. The summed E-state index contributed by atoms with van der Waals surface area (Å²) in [5.41, 5.74) is 0.218. The van der Waals surface area contributed by atoms with Crippen molar-refractivity contribution in [1.29, 1.82) is 0 Å². The zero-order chi connectivity index (χ0) is 13.8. The predicted molar refractivity (Wildman–Crippen MR) is 74.7 cm³/mol. The molecule has 1 heterocycles. The molecular weight excluding hydrogens is 241 g/mol. The van der Waals surface area contributed by atoms with Crippen LogP contribution >= 0.6 is 0 Å². The molecule has 0 bridgehead atoms. The molecule has 19 heavy (non-hydrogen) atoms. The van der Waals surface area contributed by atoms with Gasteiger partial charge in [0.25, 0.3) is 0 Å². The Morgan fingerprint density at radius 3 is 2.89 bits per heavy atom. The van der Waals surface area contributed by atoms with Crippen LogP contribution in [0.25, 0.3) is 0 Å². The van der Waals surface area contributed by atoms with Gasteiger partial charge in [0.1, 0.15) is 5.82 Å². The fraction of sp³-hybridized carbons (Fsp3) is 0.562. The van der Waals surface area contributed by atoms with Crippen LogP contribution in [0.1, 0.15) is 43.5 Å². The van der Waals surface area contributed by atoms with Crippen LogP contribution in [-0.2, 0) is 0 Å². The van der Waals surface area contributed by atoms with Gasteiger partial charge in [-0.3, -0.25) is 4.79 Å². The van der Waals surface area contributed by atoms with Crippen LogP contribution in [0.2, 0.25) is 0 Å². The first kappa shape index (κ1) is 14.2. The Hall–Kier alpha value is -1.22. The molecule has 2 rings (SSSR count). The van der Waals surface area contributed by atoms with E-state index in [1.165, 1.54) is 12.5 Å². The first-order valence-electron chi connectivity index (χ1n) is 7.15. The summed E-state index contributed by atoms with van der Waals surface area (Å²) < 4.78 is 13.7. The fourth-order valence-corrected chi connectivity index (χ4v) is 2.87. The maximum Gasteiger partial charge on any atom is 0.170 e. The summed E-state index contributed by atoms with van der Waals surface area (Å²) in [7, 11) is 0. The Balaban J connectivity index is 2.09. The largest absolute Gasteiger partial charge is 0.313 e. The average molecular weight is 263 g/mol. The zero-order valence-corrected chi connectivity index (χ0v) is 11.7. The zero-order valence-electron chi connectivity index (χ0n) is 11.7. The molecule has 3 atom stereocenters. The Morgan fingerprint density at radius 1 is 1.47 bits per heavy atom. The minimum atomic E-state index is -0.415. The summed E-state index contributed by atoms with van der Waals surface area (Å²) in [6, 6.07) is 6.43. The van der Waals surface area contributed by atoms with Crippen molar-refractivity contribution in [2.75, 3.05) is 6.54 Å². The van der Waals surface area contributed by atoms with Gasteiger partial charge in [-0.2, -0.15) is 0 Å². The monoisotopic (exact) mass is 263 g/mol. The second-order valence-electron chi connectivity index (χ2n) is 5.49. The van der Waals surface area contributed by atoms with E-state index in [0.717, 1.165) is 19.4 Å². The molecule has 1 aliphatic rings. The number of carbonyl (C=O) groups is 1. The van der Waals surface area contributed by atoms with Gasteiger partial charge >= 0.3 is 0 Å². The van der Waals surface area contributed by atoms with E-state index >= 15 is 0 Å². The molecule has 0 saturated carbocycles. The van der Waals surface area contributed by atoms with E-state index in [2.05, 4.69) is 12.2 Å². The third kappa shape index (κ3) is 3.21. The van der Waals surface area contributed by atoms with Gasteiger partial charge in [-0.1, -0.05) is 32.4 Å². The van der Waals surface area contributed by atoms with Crippen molar-refractivity contribution in [1.82, 2.24) is 5.32 Å².